The third-order valence-electron chi connectivity index (χ3n) is 4.74. The molecule has 0 unspecified atom stereocenters. The molecule has 1 aromatic carbocycles. The minimum atomic E-state index is -4.62. The molecule has 0 aliphatic rings. The second-order valence-electron chi connectivity index (χ2n) is 7.16. The molecule has 12 heteroatoms. The molecule has 0 radical (unpaired) electrons. The van der Waals surface area contributed by atoms with Gasteiger partial charge in [0, 0.05) is 24.8 Å². The molecule has 0 saturated heterocycles. The van der Waals surface area contributed by atoms with Gasteiger partial charge in [-0.25, -0.2) is 18.6 Å². The van der Waals surface area contributed by atoms with E-state index in [1.807, 2.05) is 42.5 Å². The molecule has 4 aromatic rings. The number of nitrogens with zero attached hydrogens (tertiary/aromatic N) is 3. The number of aromatic nitrogens is 3. The van der Waals surface area contributed by atoms with E-state index < -0.39 is 14.6 Å². The van der Waals surface area contributed by atoms with Gasteiger partial charge in [0.2, 0.25) is 12.6 Å². The summed E-state index contributed by atoms with van der Waals surface area (Å²) in [4.78, 5) is 21.9. The highest BCUT2D eigenvalue weighted by molar-refractivity contribution is 7.46. The molecular weight excluding hydrogens is 483 g/mol. The average Bonchev–Trinajstić information content (AvgIpc) is 3.26. The van der Waals surface area contributed by atoms with Crippen LogP contribution in [0.3, 0.4) is 0 Å². The van der Waals surface area contributed by atoms with Crippen LogP contribution < -0.4 is 15.0 Å². The number of rotatable bonds is 9. The molecule has 0 saturated carbocycles. The van der Waals surface area contributed by atoms with Crippen LogP contribution in [0.25, 0.3) is 11.3 Å². The van der Waals surface area contributed by atoms with Crippen LogP contribution in [0.2, 0.25) is 0 Å². The lowest BCUT2D eigenvalue weighted by Gasteiger charge is -2.07. The topological polar surface area (TPSA) is 145 Å². The Morgan fingerprint density at radius 1 is 1.06 bits per heavy atom. The maximum absolute atomic E-state index is 11.0. The second-order valence-corrected chi connectivity index (χ2v) is 8.40. The van der Waals surface area contributed by atoms with Gasteiger partial charge < -0.3 is 19.0 Å². The summed E-state index contributed by atoms with van der Waals surface area (Å²) in [6.07, 6.45) is 3.78. The first kappa shape index (κ1) is 25.4. The molecule has 4 rings (SSSR count). The van der Waals surface area contributed by atoms with Gasteiger partial charge in [-0.15, -0.1) is 12.4 Å². The Bertz CT molecular complexity index is 1260. The third kappa shape index (κ3) is 6.86. The molecule has 0 fully saturated rings. The summed E-state index contributed by atoms with van der Waals surface area (Å²) in [5, 5.41) is 4.11. The Labute approximate surface area is 201 Å². The molecular formula is C22H23ClN4O6P+. The molecule has 0 aliphatic carbocycles. The number of nitrogens with two attached hydrogens (primary N) is 1. The van der Waals surface area contributed by atoms with Crippen LogP contribution >= 0.6 is 20.2 Å². The lowest BCUT2D eigenvalue weighted by atomic mass is 10.1. The van der Waals surface area contributed by atoms with Gasteiger partial charge in [0.15, 0.2) is 5.76 Å². The first-order valence-corrected chi connectivity index (χ1v) is 11.5. The predicted molar refractivity (Wildman–Crippen MR) is 125 cm³/mol. The second kappa shape index (κ2) is 11.2. The Balaban J connectivity index is 0.00000324. The highest BCUT2D eigenvalue weighted by Gasteiger charge is 2.20. The smallest absolute Gasteiger partial charge is 0.472 e. The summed E-state index contributed by atoms with van der Waals surface area (Å²) < 4.78 is 27.9. The normalized spacial score (nSPS) is 11.1. The Kier molecular flexibility index (Phi) is 8.38. The lowest BCUT2D eigenvalue weighted by Crippen LogP contribution is -2.38. The van der Waals surface area contributed by atoms with E-state index in [9.17, 15) is 4.57 Å². The quantitative estimate of drug-likeness (QED) is 0.230. The molecule has 4 N–H and O–H groups in total. The summed E-state index contributed by atoms with van der Waals surface area (Å²) in [6.45, 7) is 0.0196. The zero-order chi connectivity index (χ0) is 23.3. The summed E-state index contributed by atoms with van der Waals surface area (Å²) in [7, 11) is -4.62. The third-order valence-corrected chi connectivity index (χ3v) is 5.19. The number of phosphoric ester groups is 1. The maximum Gasteiger partial charge on any atom is 0.472 e. The van der Waals surface area contributed by atoms with Crippen molar-refractivity contribution in [2.75, 3.05) is 5.73 Å². The van der Waals surface area contributed by atoms with E-state index >= 15 is 0 Å². The van der Waals surface area contributed by atoms with E-state index in [1.165, 1.54) is 4.57 Å². The van der Waals surface area contributed by atoms with Gasteiger partial charge in [0.25, 0.3) is 5.82 Å². The van der Waals surface area contributed by atoms with Gasteiger partial charge >= 0.3 is 7.82 Å². The van der Waals surface area contributed by atoms with Crippen molar-refractivity contribution in [2.24, 2.45) is 0 Å². The Morgan fingerprint density at radius 2 is 1.82 bits per heavy atom. The van der Waals surface area contributed by atoms with Crippen molar-refractivity contribution in [1.29, 1.82) is 0 Å². The SMILES string of the molecule is Cl.Nc1c(-c2cc(Cc3ccc(COc4ccccn4)cc3)no2)ccc[n+]1COP(=O)(O)O. The van der Waals surface area contributed by atoms with Crippen LogP contribution in [0, 0.1) is 0 Å². The lowest BCUT2D eigenvalue weighted by molar-refractivity contribution is -0.711. The first-order chi connectivity index (χ1) is 15.9. The van der Waals surface area contributed by atoms with Crippen molar-refractivity contribution < 1.29 is 32.7 Å². The summed E-state index contributed by atoms with van der Waals surface area (Å²) in [5.74, 6) is 1.24. The fourth-order valence-corrected chi connectivity index (χ4v) is 3.37. The highest BCUT2D eigenvalue weighted by atomic mass is 35.5. The van der Waals surface area contributed by atoms with E-state index in [0.717, 1.165) is 11.1 Å². The number of ether oxygens (including phenoxy) is 1. The van der Waals surface area contributed by atoms with E-state index in [1.54, 1.807) is 30.6 Å². The molecule has 0 aliphatic heterocycles. The Hall–Kier alpha value is -3.27. The molecule has 0 atom stereocenters. The van der Waals surface area contributed by atoms with Crippen LogP contribution in [-0.4, -0.2) is 19.9 Å². The molecule has 10 nitrogen and oxygen atoms in total. The maximum atomic E-state index is 11.0. The van der Waals surface area contributed by atoms with Crippen molar-refractivity contribution in [3.05, 3.63) is 89.9 Å². The molecule has 0 bridgehead atoms. The number of nitrogen functional groups attached to an aromatic ring is 1. The van der Waals surface area contributed by atoms with Crippen molar-refractivity contribution in [2.45, 2.75) is 19.8 Å². The molecule has 0 spiro atoms. The van der Waals surface area contributed by atoms with E-state index in [-0.39, 0.29) is 18.2 Å². The van der Waals surface area contributed by atoms with Gasteiger partial charge in [-0.1, -0.05) is 35.5 Å². The van der Waals surface area contributed by atoms with Crippen LogP contribution in [-0.2, 0) is 28.8 Å². The molecule has 3 heterocycles. The van der Waals surface area contributed by atoms with Crippen molar-refractivity contribution in [3.63, 3.8) is 0 Å². The van der Waals surface area contributed by atoms with E-state index in [4.69, 9.17) is 24.8 Å². The number of anilines is 1. The summed E-state index contributed by atoms with van der Waals surface area (Å²) in [5.41, 5.74) is 9.43. The van der Waals surface area contributed by atoms with E-state index in [0.29, 0.717) is 35.9 Å². The van der Waals surface area contributed by atoms with Gasteiger partial charge in [-0.3, -0.25) is 5.73 Å². The zero-order valence-corrected chi connectivity index (χ0v) is 19.6. The van der Waals surface area contributed by atoms with Crippen molar-refractivity contribution in [3.8, 4) is 17.2 Å². The fourth-order valence-electron chi connectivity index (χ4n) is 3.10. The number of phosphoric acid groups is 1. The molecule has 0 amide bonds. The van der Waals surface area contributed by atoms with Gasteiger partial charge in [-0.2, -0.15) is 0 Å². The first-order valence-electron chi connectivity index (χ1n) is 9.93. The average molecular weight is 506 g/mol. The number of hydrogen-bond acceptors (Lipinski definition) is 7. The summed E-state index contributed by atoms with van der Waals surface area (Å²) in [6, 6.07) is 18.6. The minimum Gasteiger partial charge on any atom is -0.473 e. The molecule has 178 valence electrons. The number of halogens is 1. The highest BCUT2D eigenvalue weighted by Crippen LogP contribution is 2.35. The minimum absolute atomic E-state index is 0. The van der Waals surface area contributed by atoms with Gasteiger partial charge in [0.05, 0.1) is 11.9 Å². The van der Waals surface area contributed by atoms with Crippen LogP contribution in [0.4, 0.5) is 5.82 Å². The Morgan fingerprint density at radius 3 is 2.53 bits per heavy atom. The van der Waals surface area contributed by atoms with Gasteiger partial charge in [0.1, 0.15) is 12.2 Å². The zero-order valence-electron chi connectivity index (χ0n) is 17.9. The standard InChI is InChI=1S/C22H21N4O6P.ClH/c23-22-19(4-3-11-26(22)15-31-33(27,28)29)20-13-18(25-32-20)12-16-6-8-17(9-7-16)14-30-21-5-1-2-10-24-21;/h1-11,13,23H,12,14-15H2,(H2,27,28,29);1H/p+1. The van der Waals surface area contributed by atoms with Crippen LogP contribution in [0.5, 0.6) is 5.88 Å². The molecule has 3 aromatic heterocycles. The van der Waals surface area contributed by atoms with Crippen molar-refractivity contribution in [1.82, 2.24) is 10.1 Å². The number of pyridine rings is 2. The fraction of sp³-hybridized carbons (Fsp3) is 0.136. The van der Waals surface area contributed by atoms with Crippen LogP contribution in [0.1, 0.15) is 16.8 Å². The number of hydrogen-bond donors (Lipinski definition) is 3. The van der Waals surface area contributed by atoms with Crippen LogP contribution in [0.15, 0.2) is 77.6 Å². The number of benzene rings is 1. The summed E-state index contributed by atoms with van der Waals surface area (Å²) >= 11 is 0. The van der Waals surface area contributed by atoms with Gasteiger partial charge in [-0.05, 0) is 29.3 Å². The van der Waals surface area contributed by atoms with E-state index in [2.05, 4.69) is 14.7 Å². The monoisotopic (exact) mass is 505 g/mol. The predicted octanol–water partition coefficient (Wildman–Crippen LogP) is 3.26. The molecule has 34 heavy (non-hydrogen) atoms. The largest absolute Gasteiger partial charge is 0.473 e. The van der Waals surface area contributed by atoms with Crippen molar-refractivity contribution >= 4 is 26.0 Å².